The van der Waals surface area contributed by atoms with Gasteiger partial charge in [0.2, 0.25) is 0 Å². The molecule has 1 fully saturated rings. The van der Waals surface area contributed by atoms with Crippen molar-refractivity contribution in [3.8, 4) is 5.75 Å². The van der Waals surface area contributed by atoms with Gasteiger partial charge in [-0.1, -0.05) is 18.7 Å². The average Bonchev–Trinajstić information content (AvgIpc) is 2.39. The Balaban J connectivity index is 2.10. The highest BCUT2D eigenvalue weighted by atomic mass is 16.5. The Labute approximate surface area is 96.9 Å². The molecule has 1 aromatic carbocycles. The molecule has 1 heterocycles. The summed E-state index contributed by atoms with van der Waals surface area (Å²) in [6, 6.07) is 8.18. The summed E-state index contributed by atoms with van der Waals surface area (Å²) in [4.78, 5) is 4.60. The van der Waals surface area contributed by atoms with E-state index >= 15 is 0 Å². The molecule has 1 saturated heterocycles. The minimum Gasteiger partial charge on any atom is -0.495 e. The van der Waals surface area contributed by atoms with Gasteiger partial charge in [0.15, 0.2) is 0 Å². The van der Waals surface area contributed by atoms with Crippen molar-refractivity contribution < 1.29 is 4.74 Å². The van der Waals surface area contributed by atoms with E-state index in [1.807, 2.05) is 18.3 Å². The number of benzene rings is 1. The number of ether oxygens (including phenoxy) is 1. The first-order valence-electron chi connectivity index (χ1n) is 5.59. The quantitative estimate of drug-likeness (QED) is 0.771. The zero-order valence-corrected chi connectivity index (χ0v) is 9.72. The van der Waals surface area contributed by atoms with Gasteiger partial charge < -0.3 is 14.5 Å². The standard InChI is InChI=1S/C13H18N2O/c1-3-14-8-10-15(11-9-14)12-6-4-5-7-13(12)16-2/h3-7H,1,8-11H2,2H3. The minimum atomic E-state index is 0.953. The summed E-state index contributed by atoms with van der Waals surface area (Å²) in [7, 11) is 1.72. The van der Waals surface area contributed by atoms with E-state index in [1.54, 1.807) is 7.11 Å². The van der Waals surface area contributed by atoms with Crippen molar-refractivity contribution >= 4 is 5.69 Å². The Morgan fingerprint density at radius 1 is 1.19 bits per heavy atom. The Morgan fingerprint density at radius 2 is 1.88 bits per heavy atom. The van der Waals surface area contributed by atoms with Crippen LogP contribution in [-0.2, 0) is 0 Å². The van der Waals surface area contributed by atoms with Crippen LogP contribution in [0.15, 0.2) is 37.0 Å². The lowest BCUT2D eigenvalue weighted by Crippen LogP contribution is -2.44. The minimum absolute atomic E-state index is 0.953. The maximum Gasteiger partial charge on any atom is 0.142 e. The second-order valence-electron chi connectivity index (χ2n) is 3.88. The molecule has 0 saturated carbocycles. The van der Waals surface area contributed by atoms with Crippen LogP contribution in [0.5, 0.6) is 5.75 Å². The normalized spacial score (nSPS) is 16.1. The largest absolute Gasteiger partial charge is 0.495 e. The number of nitrogens with zero attached hydrogens (tertiary/aromatic N) is 2. The summed E-state index contributed by atoms with van der Waals surface area (Å²) in [5.74, 6) is 0.953. The maximum atomic E-state index is 5.38. The summed E-state index contributed by atoms with van der Waals surface area (Å²) < 4.78 is 5.38. The lowest BCUT2D eigenvalue weighted by atomic mass is 10.2. The molecule has 1 aliphatic heterocycles. The van der Waals surface area contributed by atoms with Crippen LogP contribution in [0.3, 0.4) is 0 Å². The van der Waals surface area contributed by atoms with Crippen LogP contribution in [0, 0.1) is 0 Å². The smallest absolute Gasteiger partial charge is 0.142 e. The number of anilines is 1. The number of para-hydroxylation sites is 2. The number of rotatable bonds is 3. The van der Waals surface area contributed by atoms with Crippen LogP contribution in [0.4, 0.5) is 5.69 Å². The van der Waals surface area contributed by atoms with E-state index in [0.29, 0.717) is 0 Å². The molecule has 1 aromatic rings. The lowest BCUT2D eigenvalue weighted by molar-refractivity contribution is 0.346. The highest BCUT2D eigenvalue weighted by Gasteiger charge is 2.16. The molecule has 0 amide bonds. The Kier molecular flexibility index (Phi) is 3.34. The Hall–Kier alpha value is -1.64. The van der Waals surface area contributed by atoms with Gasteiger partial charge in [0, 0.05) is 26.2 Å². The summed E-state index contributed by atoms with van der Waals surface area (Å²) in [5, 5.41) is 0. The second kappa shape index (κ2) is 4.92. The van der Waals surface area contributed by atoms with Gasteiger partial charge in [0.25, 0.3) is 0 Å². The van der Waals surface area contributed by atoms with Gasteiger partial charge in [0.05, 0.1) is 12.8 Å². The van der Waals surface area contributed by atoms with Crippen molar-refractivity contribution in [3.63, 3.8) is 0 Å². The lowest BCUT2D eigenvalue weighted by Gasteiger charge is -2.35. The third-order valence-corrected chi connectivity index (χ3v) is 3.00. The van der Waals surface area contributed by atoms with Crippen LogP contribution in [0.25, 0.3) is 0 Å². The number of hydrogen-bond donors (Lipinski definition) is 0. The first-order chi connectivity index (χ1) is 7.85. The van der Waals surface area contributed by atoms with Gasteiger partial charge in [0.1, 0.15) is 5.75 Å². The van der Waals surface area contributed by atoms with Gasteiger partial charge in [-0.25, -0.2) is 0 Å². The monoisotopic (exact) mass is 218 g/mol. The summed E-state index contributed by atoms with van der Waals surface area (Å²) in [5.41, 5.74) is 1.19. The van der Waals surface area contributed by atoms with E-state index < -0.39 is 0 Å². The Bertz CT molecular complexity index is 357. The zero-order valence-electron chi connectivity index (χ0n) is 9.72. The van der Waals surface area contributed by atoms with E-state index in [4.69, 9.17) is 4.74 Å². The molecular weight excluding hydrogens is 200 g/mol. The predicted molar refractivity (Wildman–Crippen MR) is 67.0 cm³/mol. The van der Waals surface area contributed by atoms with Crippen LogP contribution in [0.2, 0.25) is 0 Å². The highest BCUT2D eigenvalue weighted by molar-refractivity contribution is 5.58. The molecule has 0 atom stereocenters. The molecule has 3 nitrogen and oxygen atoms in total. The molecule has 3 heteroatoms. The van der Waals surface area contributed by atoms with Crippen LogP contribution >= 0.6 is 0 Å². The summed E-state index contributed by atoms with van der Waals surface area (Å²) >= 11 is 0. The van der Waals surface area contributed by atoms with Gasteiger partial charge in [-0.15, -0.1) is 0 Å². The number of hydrogen-bond acceptors (Lipinski definition) is 3. The number of methoxy groups -OCH3 is 1. The molecular formula is C13H18N2O. The SMILES string of the molecule is C=CN1CCN(c2ccccc2OC)CC1. The van der Waals surface area contributed by atoms with E-state index in [1.165, 1.54) is 5.69 Å². The molecule has 2 rings (SSSR count). The number of piperazine rings is 1. The van der Waals surface area contributed by atoms with Crippen molar-refractivity contribution in [1.29, 1.82) is 0 Å². The summed E-state index contributed by atoms with van der Waals surface area (Å²) in [6.45, 7) is 7.90. The average molecular weight is 218 g/mol. The van der Waals surface area contributed by atoms with Crippen molar-refractivity contribution in [2.75, 3.05) is 38.2 Å². The first-order valence-corrected chi connectivity index (χ1v) is 5.59. The molecule has 0 N–H and O–H groups in total. The molecule has 16 heavy (non-hydrogen) atoms. The van der Waals surface area contributed by atoms with E-state index in [-0.39, 0.29) is 0 Å². The van der Waals surface area contributed by atoms with Crippen LogP contribution in [0.1, 0.15) is 0 Å². The van der Waals surface area contributed by atoms with Crippen LogP contribution < -0.4 is 9.64 Å². The molecule has 0 unspecified atom stereocenters. The van der Waals surface area contributed by atoms with Crippen molar-refractivity contribution in [2.24, 2.45) is 0 Å². The fourth-order valence-electron chi connectivity index (χ4n) is 2.04. The molecule has 0 radical (unpaired) electrons. The van der Waals surface area contributed by atoms with Gasteiger partial charge >= 0.3 is 0 Å². The third-order valence-electron chi connectivity index (χ3n) is 3.00. The zero-order chi connectivity index (χ0) is 11.4. The van der Waals surface area contributed by atoms with E-state index in [0.717, 1.165) is 31.9 Å². The molecule has 0 aromatic heterocycles. The molecule has 1 aliphatic rings. The highest BCUT2D eigenvalue weighted by Crippen LogP contribution is 2.28. The molecule has 86 valence electrons. The first kappa shape index (κ1) is 10.9. The van der Waals surface area contributed by atoms with Gasteiger partial charge in [-0.05, 0) is 18.3 Å². The maximum absolute atomic E-state index is 5.38. The van der Waals surface area contributed by atoms with Crippen molar-refractivity contribution in [1.82, 2.24) is 4.90 Å². The predicted octanol–water partition coefficient (Wildman–Crippen LogP) is 1.96. The van der Waals surface area contributed by atoms with Crippen molar-refractivity contribution in [3.05, 3.63) is 37.0 Å². The molecule has 0 aliphatic carbocycles. The third kappa shape index (κ3) is 2.13. The topological polar surface area (TPSA) is 15.7 Å². The summed E-state index contributed by atoms with van der Waals surface area (Å²) in [6.07, 6.45) is 1.92. The van der Waals surface area contributed by atoms with E-state index in [2.05, 4.69) is 28.5 Å². The Morgan fingerprint density at radius 3 is 2.50 bits per heavy atom. The van der Waals surface area contributed by atoms with Gasteiger partial charge in [-0.2, -0.15) is 0 Å². The molecule has 0 bridgehead atoms. The fraction of sp³-hybridized carbons (Fsp3) is 0.385. The molecule has 0 spiro atoms. The van der Waals surface area contributed by atoms with E-state index in [9.17, 15) is 0 Å². The van der Waals surface area contributed by atoms with Gasteiger partial charge in [-0.3, -0.25) is 0 Å². The second-order valence-corrected chi connectivity index (χ2v) is 3.88. The fourth-order valence-corrected chi connectivity index (χ4v) is 2.04. The van der Waals surface area contributed by atoms with Crippen molar-refractivity contribution in [2.45, 2.75) is 0 Å². The van der Waals surface area contributed by atoms with Crippen LogP contribution in [-0.4, -0.2) is 38.2 Å².